The summed E-state index contributed by atoms with van der Waals surface area (Å²) in [6.07, 6.45) is -1.54. The van der Waals surface area contributed by atoms with Crippen LogP contribution in [0.1, 0.15) is 16.7 Å². The molecule has 3 aromatic carbocycles. The lowest BCUT2D eigenvalue weighted by atomic mass is 10.2. The highest BCUT2D eigenvalue weighted by atomic mass is 16.7. The lowest BCUT2D eigenvalue weighted by Gasteiger charge is -2.11. The topological polar surface area (TPSA) is 66.8 Å². The Morgan fingerprint density at radius 2 is 1.29 bits per heavy atom. The first-order valence-electron chi connectivity index (χ1n) is 9.83. The monoisotopic (exact) mass is 415 g/mol. The molecule has 1 aromatic heterocycles. The molecule has 31 heavy (non-hydrogen) atoms. The van der Waals surface area contributed by atoms with Crippen LogP contribution in [0.5, 0.6) is 5.88 Å². The van der Waals surface area contributed by atoms with Gasteiger partial charge in [0, 0.05) is 10.9 Å². The highest BCUT2D eigenvalue weighted by Gasteiger charge is 2.24. The molecule has 0 radical (unpaired) electrons. The number of carbonyl (C=O) groups excluding carboxylic acids is 2. The number of carbonyl (C=O) groups is 2. The summed E-state index contributed by atoms with van der Waals surface area (Å²) >= 11 is 0. The second-order valence-corrected chi connectivity index (χ2v) is 6.95. The van der Waals surface area contributed by atoms with Crippen LogP contribution in [0.4, 0.5) is 9.59 Å². The molecular weight excluding hydrogens is 394 g/mol. The van der Waals surface area contributed by atoms with Crippen molar-refractivity contribution in [3.8, 4) is 5.88 Å². The summed E-state index contributed by atoms with van der Waals surface area (Å²) in [7, 11) is 0. The number of hydrogen-bond donors (Lipinski definition) is 0. The quantitative estimate of drug-likeness (QED) is 0.383. The second kappa shape index (κ2) is 9.17. The maximum atomic E-state index is 12.9. The fourth-order valence-corrected chi connectivity index (χ4v) is 3.29. The van der Waals surface area contributed by atoms with E-state index < -0.39 is 12.2 Å². The zero-order chi connectivity index (χ0) is 21.6. The first kappa shape index (κ1) is 20.2. The van der Waals surface area contributed by atoms with Crippen molar-refractivity contribution in [2.45, 2.75) is 20.1 Å². The minimum Gasteiger partial charge on any atom is -0.444 e. The van der Waals surface area contributed by atoms with E-state index in [1.54, 1.807) is 19.1 Å². The first-order valence-corrected chi connectivity index (χ1v) is 9.83. The number of rotatable bonds is 5. The minimum absolute atomic E-state index is 0.0669. The van der Waals surface area contributed by atoms with Crippen molar-refractivity contribution in [3.63, 3.8) is 0 Å². The summed E-state index contributed by atoms with van der Waals surface area (Å²) in [5.41, 5.74) is 2.92. The number of aryl methyl sites for hydroxylation is 1. The smallest absolute Gasteiger partial charge is 0.444 e. The molecule has 0 unspecified atom stereocenters. The zero-order valence-corrected chi connectivity index (χ0v) is 17.0. The fraction of sp³-hybridized carbons (Fsp3) is 0.120. The molecule has 0 amide bonds. The predicted molar refractivity (Wildman–Crippen MR) is 116 cm³/mol. The van der Waals surface area contributed by atoms with Gasteiger partial charge in [0.25, 0.3) is 0 Å². The third kappa shape index (κ3) is 4.59. The molecule has 0 N–H and O–H groups in total. The minimum atomic E-state index is -0.896. The summed E-state index contributed by atoms with van der Waals surface area (Å²) in [6.45, 7) is 1.95. The molecule has 4 aromatic rings. The van der Waals surface area contributed by atoms with Gasteiger partial charge in [0.15, 0.2) is 0 Å². The van der Waals surface area contributed by atoms with Crippen molar-refractivity contribution < 1.29 is 23.8 Å². The Morgan fingerprint density at radius 3 is 1.94 bits per heavy atom. The molecule has 0 spiro atoms. The van der Waals surface area contributed by atoms with Crippen LogP contribution in [-0.2, 0) is 22.7 Å². The van der Waals surface area contributed by atoms with Crippen LogP contribution in [0.25, 0.3) is 10.9 Å². The number of hydrogen-bond acceptors (Lipinski definition) is 5. The molecule has 0 aliphatic rings. The van der Waals surface area contributed by atoms with Gasteiger partial charge in [-0.15, -0.1) is 0 Å². The standard InChI is InChI=1S/C25H21NO5/c1-18-21-14-8-9-15-22(21)26(24(27)29-16-19-10-4-2-5-11-19)23(18)31-25(28)30-17-20-12-6-3-7-13-20/h2-15H,16-17H2,1H3. The Balaban J connectivity index is 1.56. The van der Waals surface area contributed by atoms with E-state index in [2.05, 4.69) is 0 Å². The van der Waals surface area contributed by atoms with Crippen LogP contribution >= 0.6 is 0 Å². The fourth-order valence-electron chi connectivity index (χ4n) is 3.29. The second-order valence-electron chi connectivity index (χ2n) is 6.95. The summed E-state index contributed by atoms with van der Waals surface area (Å²) < 4.78 is 17.4. The van der Waals surface area contributed by atoms with Crippen LogP contribution in [0.3, 0.4) is 0 Å². The van der Waals surface area contributed by atoms with Gasteiger partial charge < -0.3 is 14.2 Å². The third-order valence-corrected chi connectivity index (χ3v) is 4.84. The zero-order valence-electron chi connectivity index (χ0n) is 17.0. The maximum Gasteiger partial charge on any atom is 0.515 e. The van der Waals surface area contributed by atoms with Crippen LogP contribution < -0.4 is 4.74 Å². The van der Waals surface area contributed by atoms with Crippen LogP contribution in [0.15, 0.2) is 84.9 Å². The number of aromatic nitrogens is 1. The largest absolute Gasteiger partial charge is 0.515 e. The van der Waals surface area contributed by atoms with Crippen molar-refractivity contribution in [1.29, 1.82) is 0 Å². The van der Waals surface area contributed by atoms with E-state index in [-0.39, 0.29) is 19.1 Å². The Kier molecular flexibility index (Phi) is 5.98. The van der Waals surface area contributed by atoms with Gasteiger partial charge in [-0.05, 0) is 24.1 Å². The Labute approximate surface area is 179 Å². The molecule has 0 atom stereocenters. The summed E-state index contributed by atoms with van der Waals surface area (Å²) in [6, 6.07) is 25.9. The maximum absolute atomic E-state index is 12.9. The molecule has 0 aliphatic heterocycles. The van der Waals surface area contributed by atoms with E-state index in [1.165, 1.54) is 4.57 Å². The normalized spacial score (nSPS) is 10.6. The van der Waals surface area contributed by atoms with Crippen molar-refractivity contribution in [1.82, 2.24) is 4.57 Å². The number of ether oxygens (including phenoxy) is 3. The Hall–Kier alpha value is -4.06. The molecule has 0 saturated carbocycles. The Morgan fingerprint density at radius 1 is 0.742 bits per heavy atom. The molecule has 4 rings (SSSR count). The number of para-hydroxylation sites is 1. The van der Waals surface area contributed by atoms with Crippen molar-refractivity contribution in [3.05, 3.63) is 102 Å². The van der Waals surface area contributed by atoms with Gasteiger partial charge in [0.05, 0.1) is 5.52 Å². The van der Waals surface area contributed by atoms with E-state index in [0.29, 0.717) is 11.1 Å². The molecule has 0 saturated heterocycles. The van der Waals surface area contributed by atoms with Crippen LogP contribution in [0, 0.1) is 6.92 Å². The average Bonchev–Trinajstić information content (AvgIpc) is 3.09. The highest BCUT2D eigenvalue weighted by molar-refractivity contribution is 5.95. The number of benzene rings is 3. The van der Waals surface area contributed by atoms with Crippen LogP contribution in [-0.4, -0.2) is 16.8 Å². The van der Waals surface area contributed by atoms with Crippen molar-refractivity contribution in [2.24, 2.45) is 0 Å². The molecule has 156 valence electrons. The summed E-state index contributed by atoms with van der Waals surface area (Å²) in [4.78, 5) is 25.3. The van der Waals surface area contributed by atoms with E-state index in [4.69, 9.17) is 14.2 Å². The van der Waals surface area contributed by atoms with E-state index in [9.17, 15) is 9.59 Å². The van der Waals surface area contributed by atoms with Gasteiger partial charge in [-0.25, -0.2) is 14.2 Å². The van der Waals surface area contributed by atoms with Crippen molar-refractivity contribution in [2.75, 3.05) is 0 Å². The molecule has 0 bridgehead atoms. The SMILES string of the molecule is Cc1c(OC(=O)OCc2ccccc2)n(C(=O)OCc2ccccc2)c2ccccc12. The molecule has 0 aliphatic carbocycles. The Bertz CT molecular complexity index is 1200. The van der Waals surface area contributed by atoms with Gasteiger partial charge in [-0.1, -0.05) is 78.9 Å². The average molecular weight is 415 g/mol. The van der Waals surface area contributed by atoms with E-state index >= 15 is 0 Å². The number of fused-ring (bicyclic) bond motifs is 1. The lowest BCUT2D eigenvalue weighted by Crippen LogP contribution is -2.19. The summed E-state index contributed by atoms with van der Waals surface area (Å²) in [5.74, 6) is 0.0809. The van der Waals surface area contributed by atoms with Crippen LogP contribution in [0.2, 0.25) is 0 Å². The molecule has 6 heteroatoms. The van der Waals surface area contributed by atoms with Gasteiger partial charge in [-0.2, -0.15) is 0 Å². The van der Waals surface area contributed by atoms with Crippen molar-refractivity contribution >= 4 is 23.2 Å². The molecule has 0 fully saturated rings. The van der Waals surface area contributed by atoms with E-state index in [0.717, 1.165) is 16.5 Å². The summed E-state index contributed by atoms with van der Waals surface area (Å²) in [5, 5.41) is 0.782. The predicted octanol–water partition coefficient (Wildman–Crippen LogP) is 5.85. The molecule has 6 nitrogen and oxygen atoms in total. The first-order chi connectivity index (χ1) is 15.1. The number of nitrogens with zero attached hydrogens (tertiary/aromatic N) is 1. The van der Waals surface area contributed by atoms with Gasteiger partial charge in [0.2, 0.25) is 5.88 Å². The van der Waals surface area contributed by atoms with E-state index in [1.807, 2.05) is 72.8 Å². The van der Waals surface area contributed by atoms with Gasteiger partial charge >= 0.3 is 12.2 Å². The highest BCUT2D eigenvalue weighted by Crippen LogP contribution is 2.32. The molecular formula is C25H21NO5. The van der Waals surface area contributed by atoms with Gasteiger partial charge in [-0.3, -0.25) is 0 Å². The third-order valence-electron chi connectivity index (χ3n) is 4.84. The lowest BCUT2D eigenvalue weighted by molar-refractivity contribution is 0.0887. The van der Waals surface area contributed by atoms with Gasteiger partial charge in [0.1, 0.15) is 13.2 Å². The molecule has 1 heterocycles.